The van der Waals surface area contributed by atoms with E-state index in [2.05, 4.69) is 25.3 Å². The first kappa shape index (κ1) is 9.22. The first-order valence-corrected chi connectivity index (χ1v) is 5.77. The Kier molecular flexibility index (Phi) is 2.43. The summed E-state index contributed by atoms with van der Waals surface area (Å²) in [6, 6.07) is 2.18. The molecule has 1 aromatic rings. The van der Waals surface area contributed by atoms with E-state index >= 15 is 0 Å². The van der Waals surface area contributed by atoms with Crippen LogP contribution in [0.2, 0.25) is 0 Å². The van der Waals surface area contributed by atoms with Gasteiger partial charge in [0.2, 0.25) is 0 Å². The van der Waals surface area contributed by atoms with Crippen LogP contribution in [0.5, 0.6) is 0 Å². The van der Waals surface area contributed by atoms with Gasteiger partial charge < -0.3 is 5.11 Å². The highest BCUT2D eigenvalue weighted by molar-refractivity contribution is 7.10. The monoisotopic (exact) mass is 196 g/mol. The summed E-state index contributed by atoms with van der Waals surface area (Å²) in [5.74, 6) is 1.31. The van der Waals surface area contributed by atoms with Crippen LogP contribution in [0.15, 0.2) is 11.4 Å². The summed E-state index contributed by atoms with van der Waals surface area (Å²) in [6.45, 7) is 4.33. The number of hydrogen-bond acceptors (Lipinski definition) is 2. The molecule has 0 saturated heterocycles. The lowest BCUT2D eigenvalue weighted by atomic mass is 10.1. The SMILES string of the molecule is Cc1cc(CC(O)C2CC2C)cs1. The summed E-state index contributed by atoms with van der Waals surface area (Å²) in [5.41, 5.74) is 1.30. The van der Waals surface area contributed by atoms with E-state index in [1.54, 1.807) is 11.3 Å². The molecule has 0 spiro atoms. The van der Waals surface area contributed by atoms with Gasteiger partial charge in [-0.3, -0.25) is 0 Å². The second kappa shape index (κ2) is 3.43. The molecule has 1 N–H and O–H groups in total. The van der Waals surface area contributed by atoms with E-state index in [-0.39, 0.29) is 6.10 Å². The molecule has 0 amide bonds. The number of hydrogen-bond donors (Lipinski definition) is 1. The number of aryl methyl sites for hydroxylation is 1. The van der Waals surface area contributed by atoms with Gasteiger partial charge >= 0.3 is 0 Å². The van der Waals surface area contributed by atoms with Gasteiger partial charge in [0.05, 0.1) is 6.10 Å². The van der Waals surface area contributed by atoms with Crippen molar-refractivity contribution in [2.75, 3.05) is 0 Å². The van der Waals surface area contributed by atoms with Gasteiger partial charge in [-0.2, -0.15) is 0 Å². The minimum Gasteiger partial charge on any atom is -0.392 e. The maximum atomic E-state index is 9.83. The fraction of sp³-hybridized carbons (Fsp3) is 0.636. The van der Waals surface area contributed by atoms with Crippen molar-refractivity contribution >= 4 is 11.3 Å². The lowest BCUT2D eigenvalue weighted by Crippen LogP contribution is -2.13. The van der Waals surface area contributed by atoms with Crippen LogP contribution in [0.1, 0.15) is 23.8 Å². The smallest absolute Gasteiger partial charge is 0.0611 e. The molecule has 3 unspecified atom stereocenters. The van der Waals surface area contributed by atoms with Gasteiger partial charge in [0.25, 0.3) is 0 Å². The predicted molar refractivity (Wildman–Crippen MR) is 56.0 cm³/mol. The van der Waals surface area contributed by atoms with E-state index in [1.165, 1.54) is 16.9 Å². The predicted octanol–water partition coefficient (Wildman–Crippen LogP) is 2.62. The molecule has 1 aliphatic rings. The first-order chi connectivity index (χ1) is 6.16. The molecule has 2 heteroatoms. The molecule has 0 aliphatic heterocycles. The maximum Gasteiger partial charge on any atom is 0.0611 e. The molecule has 72 valence electrons. The highest BCUT2D eigenvalue weighted by Gasteiger charge is 2.38. The molecule has 3 atom stereocenters. The molecule has 1 fully saturated rings. The second-order valence-corrected chi connectivity index (χ2v) is 5.33. The number of thiophene rings is 1. The Morgan fingerprint density at radius 2 is 2.38 bits per heavy atom. The molecule has 13 heavy (non-hydrogen) atoms. The Labute approximate surface area is 83.4 Å². The van der Waals surface area contributed by atoms with Crippen molar-refractivity contribution in [3.63, 3.8) is 0 Å². The molecule has 0 aromatic carbocycles. The van der Waals surface area contributed by atoms with Crippen molar-refractivity contribution in [1.82, 2.24) is 0 Å². The average Bonchev–Trinajstić information content (AvgIpc) is 2.66. The molecule has 2 rings (SSSR count). The van der Waals surface area contributed by atoms with Crippen molar-refractivity contribution in [2.24, 2.45) is 11.8 Å². The fourth-order valence-electron chi connectivity index (χ4n) is 1.88. The van der Waals surface area contributed by atoms with E-state index < -0.39 is 0 Å². The van der Waals surface area contributed by atoms with Gasteiger partial charge in [-0.25, -0.2) is 0 Å². The fourth-order valence-corrected chi connectivity index (χ4v) is 2.61. The molecule has 1 nitrogen and oxygen atoms in total. The summed E-state index contributed by atoms with van der Waals surface area (Å²) >= 11 is 1.77. The third-order valence-electron chi connectivity index (χ3n) is 2.90. The van der Waals surface area contributed by atoms with Crippen molar-refractivity contribution in [3.8, 4) is 0 Å². The highest BCUT2D eigenvalue weighted by Crippen LogP contribution is 2.41. The summed E-state index contributed by atoms with van der Waals surface area (Å²) in [4.78, 5) is 1.34. The van der Waals surface area contributed by atoms with Gasteiger partial charge in [-0.05, 0) is 48.6 Å². The molecular weight excluding hydrogens is 180 g/mol. The van der Waals surface area contributed by atoms with E-state index in [0.717, 1.165) is 12.3 Å². The van der Waals surface area contributed by atoms with Crippen molar-refractivity contribution in [1.29, 1.82) is 0 Å². The quantitative estimate of drug-likeness (QED) is 0.788. The summed E-state index contributed by atoms with van der Waals surface area (Å²) in [5, 5.41) is 12.0. The zero-order valence-electron chi connectivity index (χ0n) is 8.16. The van der Waals surface area contributed by atoms with Crippen LogP contribution < -0.4 is 0 Å². The van der Waals surface area contributed by atoms with Crippen LogP contribution in [0, 0.1) is 18.8 Å². The van der Waals surface area contributed by atoms with Crippen molar-refractivity contribution in [3.05, 3.63) is 21.9 Å². The van der Waals surface area contributed by atoms with Crippen LogP contribution in [0.3, 0.4) is 0 Å². The van der Waals surface area contributed by atoms with Crippen LogP contribution in [-0.4, -0.2) is 11.2 Å². The van der Waals surface area contributed by atoms with E-state index in [0.29, 0.717) is 5.92 Å². The van der Waals surface area contributed by atoms with Crippen LogP contribution >= 0.6 is 11.3 Å². The summed E-state index contributed by atoms with van der Waals surface area (Å²) < 4.78 is 0. The zero-order valence-corrected chi connectivity index (χ0v) is 8.97. The molecule has 0 radical (unpaired) electrons. The van der Waals surface area contributed by atoms with Crippen LogP contribution in [-0.2, 0) is 6.42 Å². The molecule has 0 bridgehead atoms. The largest absolute Gasteiger partial charge is 0.392 e. The van der Waals surface area contributed by atoms with Gasteiger partial charge in [0, 0.05) is 4.88 Å². The number of aliphatic hydroxyl groups is 1. The maximum absolute atomic E-state index is 9.83. The standard InChI is InChI=1S/C11H16OS/c1-7-3-10(7)11(12)5-9-4-8(2)13-6-9/h4,6-7,10-12H,3,5H2,1-2H3. The van der Waals surface area contributed by atoms with E-state index in [4.69, 9.17) is 0 Å². The Morgan fingerprint density at radius 1 is 1.69 bits per heavy atom. The third-order valence-corrected chi connectivity index (χ3v) is 3.81. The Hall–Kier alpha value is -0.340. The number of aliphatic hydroxyl groups excluding tert-OH is 1. The minimum atomic E-state index is -0.107. The molecule has 1 aromatic heterocycles. The Morgan fingerprint density at radius 3 is 2.85 bits per heavy atom. The third kappa shape index (κ3) is 2.12. The van der Waals surface area contributed by atoms with E-state index in [1.807, 2.05) is 0 Å². The first-order valence-electron chi connectivity index (χ1n) is 4.89. The van der Waals surface area contributed by atoms with Crippen LogP contribution in [0.4, 0.5) is 0 Å². The zero-order chi connectivity index (χ0) is 9.42. The normalized spacial score (nSPS) is 28.8. The summed E-state index contributed by atoms with van der Waals surface area (Å²) in [6.07, 6.45) is 1.95. The van der Waals surface area contributed by atoms with Crippen molar-refractivity contribution in [2.45, 2.75) is 32.8 Å². The topological polar surface area (TPSA) is 20.2 Å². The molecule has 1 saturated carbocycles. The van der Waals surface area contributed by atoms with Gasteiger partial charge in [0.1, 0.15) is 0 Å². The van der Waals surface area contributed by atoms with Gasteiger partial charge in [-0.15, -0.1) is 11.3 Å². The lowest BCUT2D eigenvalue weighted by Gasteiger charge is -2.07. The molecular formula is C11H16OS. The highest BCUT2D eigenvalue weighted by atomic mass is 32.1. The van der Waals surface area contributed by atoms with E-state index in [9.17, 15) is 5.11 Å². The second-order valence-electron chi connectivity index (χ2n) is 4.21. The van der Waals surface area contributed by atoms with Gasteiger partial charge in [-0.1, -0.05) is 6.92 Å². The minimum absolute atomic E-state index is 0.107. The lowest BCUT2D eigenvalue weighted by molar-refractivity contribution is 0.146. The van der Waals surface area contributed by atoms with Crippen molar-refractivity contribution < 1.29 is 5.11 Å². The molecule has 1 aliphatic carbocycles. The number of rotatable bonds is 3. The summed E-state index contributed by atoms with van der Waals surface area (Å²) in [7, 11) is 0. The Balaban J connectivity index is 1.91. The molecule has 1 heterocycles. The van der Waals surface area contributed by atoms with Gasteiger partial charge in [0.15, 0.2) is 0 Å². The van der Waals surface area contributed by atoms with Crippen LogP contribution in [0.25, 0.3) is 0 Å². The Bertz CT molecular complexity index is 292. The average molecular weight is 196 g/mol.